The van der Waals surface area contributed by atoms with Gasteiger partial charge in [-0.2, -0.15) is 0 Å². The molecular weight excluding hydrogens is 295 g/mol. The molecule has 0 aliphatic heterocycles. The van der Waals surface area contributed by atoms with E-state index in [0.29, 0.717) is 9.79 Å². The highest BCUT2D eigenvalue weighted by Gasteiger charge is 2.05. The molecule has 0 unspecified atom stereocenters. The Balaban J connectivity index is 1.89. The highest BCUT2D eigenvalue weighted by molar-refractivity contribution is 7.71. The topological polar surface area (TPSA) is 20.7 Å². The molecule has 0 saturated heterocycles. The summed E-state index contributed by atoms with van der Waals surface area (Å²) in [5.41, 5.74) is 3.04. The molecule has 1 aromatic heterocycles. The lowest BCUT2D eigenvalue weighted by atomic mass is 10.1. The Kier molecular flexibility index (Phi) is 3.59. The molecule has 2 nitrogen and oxygen atoms in total. The van der Waals surface area contributed by atoms with E-state index in [9.17, 15) is 4.39 Å². The lowest BCUT2D eigenvalue weighted by Crippen LogP contribution is -2.01. The van der Waals surface area contributed by atoms with Crippen molar-refractivity contribution in [1.82, 2.24) is 9.55 Å². The van der Waals surface area contributed by atoms with Crippen molar-refractivity contribution in [2.75, 3.05) is 0 Å². The van der Waals surface area contributed by atoms with Crippen molar-refractivity contribution < 1.29 is 4.39 Å². The van der Waals surface area contributed by atoms with Gasteiger partial charge in [0.1, 0.15) is 5.82 Å². The molecule has 0 radical (unpaired) electrons. The van der Waals surface area contributed by atoms with Crippen LogP contribution in [0.1, 0.15) is 5.56 Å². The molecule has 0 aliphatic carbocycles. The molecule has 0 amide bonds. The first-order valence-corrected chi connectivity index (χ1v) is 7.04. The van der Waals surface area contributed by atoms with Crippen molar-refractivity contribution in [2.45, 2.75) is 13.0 Å². The summed E-state index contributed by atoms with van der Waals surface area (Å²) in [7, 11) is 0. The summed E-state index contributed by atoms with van der Waals surface area (Å²) in [5.74, 6) is -0.216. The standard InChI is InChI=1S/C15H12ClFN2S/c16-11-3-6-14-13(9-11)18-15(20)19(14)8-7-10-1-4-12(17)5-2-10/h1-6,9H,7-8H2,(H,18,20). The van der Waals surface area contributed by atoms with E-state index in [1.54, 1.807) is 12.1 Å². The second-order valence-electron chi connectivity index (χ2n) is 4.62. The molecule has 0 fully saturated rings. The van der Waals surface area contributed by atoms with Gasteiger partial charge in [0.25, 0.3) is 0 Å². The second kappa shape index (κ2) is 5.38. The molecule has 3 aromatic rings. The number of nitrogens with one attached hydrogen (secondary N) is 1. The Morgan fingerprint density at radius 3 is 2.65 bits per heavy atom. The zero-order valence-electron chi connectivity index (χ0n) is 10.6. The Morgan fingerprint density at radius 2 is 1.90 bits per heavy atom. The number of rotatable bonds is 3. The van der Waals surface area contributed by atoms with Gasteiger partial charge in [0.05, 0.1) is 11.0 Å². The summed E-state index contributed by atoms with van der Waals surface area (Å²) >= 11 is 11.3. The van der Waals surface area contributed by atoms with E-state index >= 15 is 0 Å². The van der Waals surface area contributed by atoms with Crippen molar-refractivity contribution >= 4 is 34.9 Å². The predicted molar refractivity (Wildman–Crippen MR) is 82.2 cm³/mol. The molecule has 2 aromatic carbocycles. The fraction of sp³-hybridized carbons (Fsp3) is 0.133. The van der Waals surface area contributed by atoms with E-state index in [4.69, 9.17) is 23.8 Å². The van der Waals surface area contributed by atoms with Crippen molar-refractivity contribution in [3.8, 4) is 0 Å². The molecule has 0 saturated carbocycles. The fourth-order valence-electron chi connectivity index (χ4n) is 2.25. The van der Waals surface area contributed by atoms with Crippen LogP contribution in [0.25, 0.3) is 11.0 Å². The van der Waals surface area contributed by atoms with E-state index in [1.807, 2.05) is 22.8 Å². The summed E-state index contributed by atoms with van der Waals surface area (Å²) in [4.78, 5) is 3.15. The van der Waals surface area contributed by atoms with Crippen LogP contribution in [0, 0.1) is 10.6 Å². The summed E-state index contributed by atoms with van der Waals surface area (Å²) in [6.45, 7) is 0.742. The molecule has 0 aliphatic rings. The third kappa shape index (κ3) is 2.62. The minimum absolute atomic E-state index is 0.216. The number of halogens is 2. The molecular formula is C15H12ClFN2S. The maximum absolute atomic E-state index is 12.9. The number of imidazole rings is 1. The van der Waals surface area contributed by atoms with Crippen LogP contribution in [0.4, 0.5) is 4.39 Å². The predicted octanol–water partition coefficient (Wildman–Crippen LogP) is 4.73. The first kappa shape index (κ1) is 13.3. The molecule has 0 spiro atoms. The van der Waals surface area contributed by atoms with E-state index in [2.05, 4.69) is 4.98 Å². The molecule has 3 rings (SSSR count). The average molecular weight is 307 g/mol. The van der Waals surface area contributed by atoms with Gasteiger partial charge in [-0.3, -0.25) is 0 Å². The average Bonchev–Trinajstić information content (AvgIpc) is 2.73. The number of H-pyrrole nitrogens is 1. The fourth-order valence-corrected chi connectivity index (χ4v) is 2.72. The number of benzene rings is 2. The van der Waals surface area contributed by atoms with Gasteiger partial charge in [-0.25, -0.2) is 4.39 Å². The third-order valence-corrected chi connectivity index (χ3v) is 3.83. The van der Waals surface area contributed by atoms with Crippen molar-refractivity contribution in [2.24, 2.45) is 0 Å². The number of aromatic amines is 1. The molecule has 0 bridgehead atoms. The van der Waals surface area contributed by atoms with Gasteiger partial charge >= 0.3 is 0 Å². The van der Waals surface area contributed by atoms with E-state index in [1.165, 1.54) is 12.1 Å². The Bertz CT molecular complexity index is 805. The van der Waals surface area contributed by atoms with Crippen molar-refractivity contribution in [1.29, 1.82) is 0 Å². The van der Waals surface area contributed by atoms with E-state index in [-0.39, 0.29) is 5.82 Å². The Labute approximate surface area is 125 Å². The summed E-state index contributed by atoms with van der Waals surface area (Å²) in [6.07, 6.45) is 0.796. The first-order chi connectivity index (χ1) is 9.63. The molecule has 0 atom stereocenters. The van der Waals surface area contributed by atoms with Gasteiger partial charge in [0.15, 0.2) is 4.77 Å². The van der Waals surface area contributed by atoms with Gasteiger partial charge in [0.2, 0.25) is 0 Å². The molecule has 1 N–H and O–H groups in total. The molecule has 102 valence electrons. The van der Waals surface area contributed by atoms with Crippen LogP contribution in [0.15, 0.2) is 42.5 Å². The van der Waals surface area contributed by atoms with Gasteiger partial charge in [-0.15, -0.1) is 0 Å². The highest BCUT2D eigenvalue weighted by Crippen LogP contribution is 2.19. The number of aromatic nitrogens is 2. The van der Waals surface area contributed by atoms with Crippen LogP contribution in [-0.4, -0.2) is 9.55 Å². The quantitative estimate of drug-likeness (QED) is 0.694. The van der Waals surface area contributed by atoms with E-state index < -0.39 is 0 Å². The highest BCUT2D eigenvalue weighted by atomic mass is 35.5. The van der Waals surface area contributed by atoms with Gasteiger partial charge in [-0.05, 0) is 54.5 Å². The van der Waals surface area contributed by atoms with Gasteiger partial charge in [-0.1, -0.05) is 23.7 Å². The molecule has 5 heteroatoms. The lowest BCUT2D eigenvalue weighted by Gasteiger charge is -2.05. The minimum Gasteiger partial charge on any atom is -0.331 e. The minimum atomic E-state index is -0.216. The Hall–Kier alpha value is -1.65. The third-order valence-electron chi connectivity index (χ3n) is 3.27. The monoisotopic (exact) mass is 306 g/mol. The number of hydrogen-bond acceptors (Lipinski definition) is 1. The van der Waals surface area contributed by atoms with Crippen LogP contribution < -0.4 is 0 Å². The maximum Gasteiger partial charge on any atom is 0.178 e. The number of nitrogens with zero attached hydrogens (tertiary/aromatic N) is 1. The van der Waals surface area contributed by atoms with Crippen molar-refractivity contribution in [3.05, 3.63) is 63.6 Å². The number of fused-ring (bicyclic) bond motifs is 1. The summed E-state index contributed by atoms with van der Waals surface area (Å²) in [6, 6.07) is 12.2. The smallest absolute Gasteiger partial charge is 0.178 e. The van der Waals surface area contributed by atoms with Crippen LogP contribution in [0.5, 0.6) is 0 Å². The van der Waals surface area contributed by atoms with Crippen LogP contribution >= 0.6 is 23.8 Å². The zero-order valence-corrected chi connectivity index (χ0v) is 12.1. The van der Waals surface area contributed by atoms with Crippen LogP contribution in [0.2, 0.25) is 5.02 Å². The number of aryl methyl sites for hydroxylation is 2. The molecule has 20 heavy (non-hydrogen) atoms. The maximum atomic E-state index is 12.9. The van der Waals surface area contributed by atoms with E-state index in [0.717, 1.165) is 29.6 Å². The zero-order chi connectivity index (χ0) is 14.1. The van der Waals surface area contributed by atoms with Crippen molar-refractivity contribution in [3.63, 3.8) is 0 Å². The first-order valence-electron chi connectivity index (χ1n) is 6.26. The van der Waals surface area contributed by atoms with Crippen LogP contribution in [0.3, 0.4) is 0 Å². The summed E-state index contributed by atoms with van der Waals surface area (Å²) < 4.78 is 15.6. The Morgan fingerprint density at radius 1 is 1.15 bits per heavy atom. The summed E-state index contributed by atoms with van der Waals surface area (Å²) in [5, 5.41) is 0.680. The number of hydrogen-bond donors (Lipinski definition) is 1. The van der Waals surface area contributed by atoms with Gasteiger partial charge < -0.3 is 9.55 Å². The van der Waals surface area contributed by atoms with Crippen LogP contribution in [-0.2, 0) is 13.0 Å². The SMILES string of the molecule is Fc1ccc(CCn2c(=S)[nH]c3cc(Cl)ccc32)cc1. The lowest BCUT2D eigenvalue weighted by molar-refractivity contribution is 0.625. The largest absolute Gasteiger partial charge is 0.331 e. The second-order valence-corrected chi connectivity index (χ2v) is 5.44. The normalized spacial score (nSPS) is 11.1. The van der Waals surface area contributed by atoms with Gasteiger partial charge in [0, 0.05) is 11.6 Å². The molecule has 1 heterocycles.